The third-order valence-corrected chi connectivity index (χ3v) is 8.65. The van der Waals surface area contributed by atoms with Crippen LogP contribution in [0.5, 0.6) is 11.5 Å². The fraction of sp³-hybridized carbons (Fsp3) is 0.152. The molecule has 0 bridgehead atoms. The monoisotopic (exact) mass is 600 g/mol. The van der Waals surface area contributed by atoms with E-state index in [1.165, 1.54) is 6.08 Å². The minimum atomic E-state index is -1.21. The molecule has 12 heteroatoms. The summed E-state index contributed by atoms with van der Waals surface area (Å²) in [6, 6.07) is 14.3. The lowest BCUT2D eigenvalue weighted by molar-refractivity contribution is -0.130. The lowest BCUT2D eigenvalue weighted by Crippen LogP contribution is -2.51. The lowest BCUT2D eigenvalue weighted by atomic mass is 9.97. The van der Waals surface area contributed by atoms with Crippen molar-refractivity contribution in [2.24, 2.45) is 0 Å². The number of para-hydroxylation sites is 1. The fourth-order valence-corrected chi connectivity index (χ4v) is 6.31. The average molecular weight is 601 g/mol. The van der Waals surface area contributed by atoms with Crippen molar-refractivity contribution in [3.05, 3.63) is 95.8 Å². The molecule has 1 spiro atoms. The first kappa shape index (κ1) is 26.6. The number of carbonyl (C=O) groups is 4. The number of hydrogen-bond acceptors (Lipinski definition) is 10. The molecule has 4 aliphatic heterocycles. The Labute approximate surface area is 255 Å². The zero-order chi connectivity index (χ0) is 31.0. The van der Waals surface area contributed by atoms with Gasteiger partial charge in [0, 0.05) is 36.0 Å². The number of anilines is 2. The van der Waals surface area contributed by atoms with Crippen LogP contribution in [0.3, 0.4) is 0 Å². The van der Waals surface area contributed by atoms with Crippen molar-refractivity contribution < 1.29 is 29.0 Å². The van der Waals surface area contributed by atoms with Crippen molar-refractivity contribution in [1.82, 2.24) is 20.2 Å². The van der Waals surface area contributed by atoms with Crippen LogP contribution in [0, 0.1) is 0 Å². The van der Waals surface area contributed by atoms with Crippen LogP contribution in [0.25, 0.3) is 22.5 Å². The molecule has 0 aliphatic carbocycles. The molecule has 2 aromatic carbocycles. The Morgan fingerprint density at radius 3 is 2.58 bits per heavy atom. The standard InChI is InChI=1S/C33H24N6O6/c34-22-5-6-23(18-3-1-2-4-26(18)40)36-29(22)21-15-35-12-10-24(21)38-16-33(38)11-9-17-13-19-20(14-27(17)45-33)32(44)39(31(19)43)25-7-8-28(41)37-30(25)42/h1-8,10,12-15,25,40H,9,11,16,34H2,(H,37,41,42). The largest absolute Gasteiger partial charge is 0.507 e. The van der Waals surface area contributed by atoms with Gasteiger partial charge in [-0.1, -0.05) is 12.1 Å². The molecule has 2 aromatic heterocycles. The normalized spacial score (nSPS) is 21.5. The summed E-state index contributed by atoms with van der Waals surface area (Å²) in [6.45, 7) is 0.555. The zero-order valence-corrected chi connectivity index (χ0v) is 23.6. The number of aryl methyl sites for hydroxylation is 1. The number of ether oxygens (including phenoxy) is 1. The molecule has 12 nitrogen and oxygen atoms in total. The Morgan fingerprint density at radius 2 is 1.78 bits per heavy atom. The van der Waals surface area contributed by atoms with Gasteiger partial charge < -0.3 is 20.5 Å². The van der Waals surface area contributed by atoms with Crippen molar-refractivity contribution in [3.8, 4) is 34.0 Å². The summed E-state index contributed by atoms with van der Waals surface area (Å²) in [5.74, 6) is -1.97. The first-order valence-electron chi connectivity index (χ1n) is 14.3. The number of aromatic nitrogens is 2. The quantitative estimate of drug-likeness (QED) is 0.234. The number of nitrogens with two attached hydrogens (primary N) is 1. The minimum Gasteiger partial charge on any atom is -0.507 e. The molecule has 8 rings (SSSR count). The number of carbonyl (C=O) groups excluding carboxylic acids is 4. The highest BCUT2D eigenvalue weighted by molar-refractivity contribution is 6.24. The van der Waals surface area contributed by atoms with Gasteiger partial charge in [-0.05, 0) is 60.5 Å². The molecule has 222 valence electrons. The van der Waals surface area contributed by atoms with Crippen LogP contribution in [-0.2, 0) is 16.0 Å². The SMILES string of the molecule is Nc1ccc(-c2ccccc2O)nc1-c1cnccc1N1CC12CCc1cc3c(cc1O2)C(=O)N(C1C=CC(=O)NC1=O)C3=O. The van der Waals surface area contributed by atoms with Gasteiger partial charge in [0.2, 0.25) is 11.6 Å². The first-order valence-corrected chi connectivity index (χ1v) is 14.3. The summed E-state index contributed by atoms with van der Waals surface area (Å²) in [7, 11) is 0. The van der Waals surface area contributed by atoms with Crippen molar-refractivity contribution in [2.75, 3.05) is 17.2 Å². The van der Waals surface area contributed by atoms with Gasteiger partial charge in [-0.25, -0.2) is 4.98 Å². The zero-order valence-electron chi connectivity index (χ0n) is 23.6. The number of benzene rings is 2. The highest BCUT2D eigenvalue weighted by Gasteiger charge is 2.57. The highest BCUT2D eigenvalue weighted by Crippen LogP contribution is 2.50. The number of imide groups is 2. The summed E-state index contributed by atoms with van der Waals surface area (Å²) < 4.78 is 6.55. The Morgan fingerprint density at radius 1 is 0.978 bits per heavy atom. The number of rotatable bonds is 4. The van der Waals surface area contributed by atoms with E-state index in [4.69, 9.17) is 15.5 Å². The molecular formula is C33H24N6O6. The summed E-state index contributed by atoms with van der Waals surface area (Å²) in [6.07, 6.45) is 6.96. The van der Waals surface area contributed by atoms with Gasteiger partial charge in [0.15, 0.2) is 0 Å². The number of fused-ring (bicyclic) bond motifs is 2. The van der Waals surface area contributed by atoms with Gasteiger partial charge in [0.1, 0.15) is 17.5 Å². The van der Waals surface area contributed by atoms with Gasteiger partial charge in [-0.3, -0.25) is 34.4 Å². The molecule has 4 aliphatic rings. The number of amides is 4. The van der Waals surface area contributed by atoms with Crippen LogP contribution in [0.15, 0.2) is 79.1 Å². The van der Waals surface area contributed by atoms with Gasteiger partial charge in [0.25, 0.3) is 17.7 Å². The van der Waals surface area contributed by atoms with E-state index in [0.717, 1.165) is 22.2 Å². The van der Waals surface area contributed by atoms with E-state index in [0.29, 0.717) is 53.3 Å². The Kier molecular flexibility index (Phi) is 5.60. The summed E-state index contributed by atoms with van der Waals surface area (Å²) in [5, 5.41) is 12.5. The molecule has 0 saturated carbocycles. The smallest absolute Gasteiger partial charge is 0.262 e. The Hall–Kier alpha value is -6.04. The van der Waals surface area contributed by atoms with Crippen molar-refractivity contribution in [2.45, 2.75) is 24.6 Å². The van der Waals surface area contributed by atoms with E-state index in [9.17, 15) is 24.3 Å². The van der Waals surface area contributed by atoms with Gasteiger partial charge in [-0.2, -0.15) is 0 Å². The number of nitrogens with one attached hydrogen (secondary N) is 1. The van der Waals surface area contributed by atoms with Crippen LogP contribution in [0.1, 0.15) is 32.7 Å². The third-order valence-electron chi connectivity index (χ3n) is 8.65. The number of phenols is 1. The second-order valence-electron chi connectivity index (χ2n) is 11.3. The van der Waals surface area contributed by atoms with E-state index < -0.39 is 35.4 Å². The highest BCUT2D eigenvalue weighted by atomic mass is 16.5. The molecule has 0 radical (unpaired) electrons. The topological polar surface area (TPSA) is 168 Å². The molecule has 2 atom stereocenters. The molecule has 1 saturated heterocycles. The molecule has 4 amide bonds. The van der Waals surface area contributed by atoms with Gasteiger partial charge >= 0.3 is 0 Å². The number of pyridine rings is 2. The van der Waals surface area contributed by atoms with E-state index in [1.54, 1.807) is 54.9 Å². The first-order chi connectivity index (χ1) is 21.7. The lowest BCUT2D eigenvalue weighted by Gasteiger charge is -2.28. The summed E-state index contributed by atoms with van der Waals surface area (Å²) in [5.41, 5.74) is 10.4. The number of nitrogen functional groups attached to an aromatic ring is 1. The number of aromatic hydroxyl groups is 1. The van der Waals surface area contributed by atoms with Crippen LogP contribution in [0.2, 0.25) is 0 Å². The fourth-order valence-electron chi connectivity index (χ4n) is 6.31. The predicted octanol–water partition coefficient (Wildman–Crippen LogP) is 2.82. The maximum Gasteiger partial charge on any atom is 0.262 e. The number of phenolic OH excluding ortho intramolecular Hbond substituents is 1. The molecule has 1 fully saturated rings. The van der Waals surface area contributed by atoms with Crippen LogP contribution < -0.4 is 20.7 Å². The summed E-state index contributed by atoms with van der Waals surface area (Å²) in [4.78, 5) is 62.7. The van der Waals surface area contributed by atoms with Crippen LogP contribution in [0.4, 0.5) is 11.4 Å². The second-order valence-corrected chi connectivity index (χ2v) is 11.3. The third kappa shape index (κ3) is 4.06. The molecule has 2 unspecified atom stereocenters. The van der Waals surface area contributed by atoms with E-state index >= 15 is 0 Å². The Bertz CT molecular complexity index is 2040. The minimum absolute atomic E-state index is 0.106. The van der Waals surface area contributed by atoms with E-state index in [-0.39, 0.29) is 16.9 Å². The molecule has 4 N–H and O–H groups in total. The van der Waals surface area contributed by atoms with Crippen molar-refractivity contribution >= 4 is 35.0 Å². The maximum absolute atomic E-state index is 13.4. The van der Waals surface area contributed by atoms with E-state index in [2.05, 4.69) is 15.2 Å². The molecular weight excluding hydrogens is 576 g/mol. The number of hydrogen-bond donors (Lipinski definition) is 3. The van der Waals surface area contributed by atoms with E-state index in [1.807, 2.05) is 12.1 Å². The average Bonchev–Trinajstić information content (AvgIpc) is 3.67. The molecule has 6 heterocycles. The van der Waals surface area contributed by atoms with Crippen molar-refractivity contribution in [1.29, 1.82) is 0 Å². The van der Waals surface area contributed by atoms with Crippen LogP contribution >= 0.6 is 0 Å². The molecule has 4 aromatic rings. The predicted molar refractivity (Wildman–Crippen MR) is 161 cm³/mol. The van der Waals surface area contributed by atoms with Crippen molar-refractivity contribution in [3.63, 3.8) is 0 Å². The Balaban J connectivity index is 1.10. The number of nitrogens with zero attached hydrogens (tertiary/aromatic N) is 4. The maximum atomic E-state index is 13.4. The van der Waals surface area contributed by atoms with Crippen LogP contribution in [-0.4, -0.2) is 61.9 Å². The molecule has 45 heavy (non-hydrogen) atoms. The summed E-state index contributed by atoms with van der Waals surface area (Å²) >= 11 is 0. The van der Waals surface area contributed by atoms with Gasteiger partial charge in [0.05, 0.1) is 40.4 Å². The van der Waals surface area contributed by atoms with Gasteiger partial charge in [-0.15, -0.1) is 0 Å². The second kappa shape index (κ2) is 9.48.